The Labute approximate surface area is 121 Å². The summed E-state index contributed by atoms with van der Waals surface area (Å²) in [5, 5.41) is 6.67. The lowest BCUT2D eigenvalue weighted by atomic mass is 10.1. The molecule has 7 nitrogen and oxygen atoms in total. The maximum absolute atomic E-state index is 12.2. The van der Waals surface area contributed by atoms with Gasteiger partial charge in [0.25, 0.3) is 5.91 Å². The smallest absolute Gasteiger partial charge is 0.337 e. The summed E-state index contributed by atoms with van der Waals surface area (Å²) in [5.74, 6) is -0.784. The van der Waals surface area contributed by atoms with Gasteiger partial charge in [-0.25, -0.2) is 4.79 Å². The van der Waals surface area contributed by atoms with Gasteiger partial charge in [0.2, 0.25) is 0 Å². The first kappa shape index (κ1) is 14.6. The lowest BCUT2D eigenvalue weighted by molar-refractivity contribution is 0.0600. The van der Waals surface area contributed by atoms with E-state index in [1.165, 1.54) is 18.0 Å². The quantitative estimate of drug-likeness (QED) is 0.830. The van der Waals surface area contributed by atoms with Gasteiger partial charge in [-0.05, 0) is 30.7 Å². The zero-order valence-corrected chi connectivity index (χ0v) is 12.0. The number of nitrogens with one attached hydrogen (secondary N) is 1. The molecule has 3 N–H and O–H groups in total. The summed E-state index contributed by atoms with van der Waals surface area (Å²) in [5.41, 5.74) is 8.06. The van der Waals surface area contributed by atoms with Crippen molar-refractivity contribution in [3.05, 3.63) is 41.2 Å². The van der Waals surface area contributed by atoms with Crippen LogP contribution in [0.2, 0.25) is 0 Å². The van der Waals surface area contributed by atoms with Crippen LogP contribution in [0.3, 0.4) is 0 Å². The molecule has 1 heterocycles. The van der Waals surface area contributed by atoms with Crippen molar-refractivity contribution in [1.82, 2.24) is 9.78 Å². The number of rotatable bonds is 3. The fraction of sp³-hybridized carbons (Fsp3) is 0.214. The molecule has 0 fully saturated rings. The van der Waals surface area contributed by atoms with Gasteiger partial charge in [-0.1, -0.05) is 0 Å². The Bertz CT molecular complexity index is 687. The van der Waals surface area contributed by atoms with Gasteiger partial charge in [-0.2, -0.15) is 5.10 Å². The van der Waals surface area contributed by atoms with Crippen molar-refractivity contribution in [3.63, 3.8) is 0 Å². The van der Waals surface area contributed by atoms with Gasteiger partial charge in [-0.3, -0.25) is 9.48 Å². The van der Waals surface area contributed by atoms with Crippen molar-refractivity contribution in [2.75, 3.05) is 18.2 Å². The number of carbonyl (C=O) groups excluding carboxylic acids is 2. The number of hydrogen-bond acceptors (Lipinski definition) is 5. The second-order valence-corrected chi connectivity index (χ2v) is 4.55. The average molecular weight is 288 g/mol. The molecule has 0 unspecified atom stereocenters. The lowest BCUT2D eigenvalue weighted by Crippen LogP contribution is -2.18. The van der Waals surface area contributed by atoms with Gasteiger partial charge < -0.3 is 15.8 Å². The third-order valence-corrected chi connectivity index (χ3v) is 3.08. The van der Waals surface area contributed by atoms with Crippen molar-refractivity contribution >= 4 is 23.3 Å². The summed E-state index contributed by atoms with van der Waals surface area (Å²) in [4.78, 5) is 23.6. The molecule has 1 amide bonds. The summed E-state index contributed by atoms with van der Waals surface area (Å²) in [7, 11) is 2.96. The van der Waals surface area contributed by atoms with Crippen molar-refractivity contribution in [3.8, 4) is 0 Å². The van der Waals surface area contributed by atoms with Crippen molar-refractivity contribution in [2.24, 2.45) is 7.05 Å². The third kappa shape index (κ3) is 2.86. The number of nitrogens with zero attached hydrogens (tertiary/aromatic N) is 2. The molecule has 0 saturated carbocycles. The lowest BCUT2D eigenvalue weighted by Gasteiger charge is -2.10. The molecule has 0 radical (unpaired) electrons. The number of benzene rings is 1. The first-order valence-electron chi connectivity index (χ1n) is 6.22. The van der Waals surface area contributed by atoms with Crippen LogP contribution in [0.25, 0.3) is 0 Å². The summed E-state index contributed by atoms with van der Waals surface area (Å²) in [6, 6.07) is 4.88. The third-order valence-electron chi connectivity index (χ3n) is 3.08. The van der Waals surface area contributed by atoms with E-state index in [0.29, 0.717) is 16.9 Å². The topological polar surface area (TPSA) is 99.2 Å². The number of nitrogens with two attached hydrogens (primary N) is 1. The van der Waals surface area contributed by atoms with Crippen LogP contribution in [0.1, 0.15) is 26.4 Å². The molecule has 0 spiro atoms. The van der Waals surface area contributed by atoms with Crippen LogP contribution in [0.4, 0.5) is 11.4 Å². The van der Waals surface area contributed by atoms with Crippen LogP contribution >= 0.6 is 0 Å². The number of carbonyl (C=O) groups is 2. The van der Waals surface area contributed by atoms with E-state index in [-0.39, 0.29) is 11.6 Å². The largest absolute Gasteiger partial charge is 0.465 e. The maximum Gasteiger partial charge on any atom is 0.337 e. The minimum Gasteiger partial charge on any atom is -0.465 e. The molecule has 1 aromatic heterocycles. The van der Waals surface area contributed by atoms with Crippen molar-refractivity contribution in [1.29, 1.82) is 0 Å². The number of ether oxygens (including phenoxy) is 1. The Morgan fingerprint density at radius 2 is 2.10 bits per heavy atom. The van der Waals surface area contributed by atoms with Crippen LogP contribution in [0, 0.1) is 6.92 Å². The predicted octanol–water partition coefficient (Wildman–Crippen LogP) is 1.35. The molecular weight excluding hydrogens is 272 g/mol. The van der Waals surface area contributed by atoms with E-state index in [1.54, 1.807) is 32.2 Å². The molecule has 2 aromatic rings. The molecule has 2 rings (SSSR count). The number of hydrogen-bond donors (Lipinski definition) is 2. The van der Waals surface area contributed by atoms with Crippen LogP contribution in [0.15, 0.2) is 24.4 Å². The monoisotopic (exact) mass is 288 g/mol. The first-order valence-corrected chi connectivity index (χ1v) is 6.22. The number of aromatic nitrogens is 2. The normalized spacial score (nSPS) is 10.2. The molecule has 1 aromatic carbocycles. The Morgan fingerprint density at radius 3 is 2.62 bits per heavy atom. The molecule has 0 aliphatic carbocycles. The van der Waals surface area contributed by atoms with E-state index < -0.39 is 5.97 Å². The zero-order valence-electron chi connectivity index (χ0n) is 12.0. The fourth-order valence-corrected chi connectivity index (χ4v) is 1.96. The van der Waals surface area contributed by atoms with Crippen molar-refractivity contribution in [2.45, 2.75) is 6.92 Å². The molecule has 0 aliphatic heterocycles. The molecule has 0 atom stereocenters. The van der Waals surface area contributed by atoms with E-state index in [1.807, 2.05) is 0 Å². The average Bonchev–Trinajstić information content (AvgIpc) is 2.79. The Balaban J connectivity index is 2.24. The number of methoxy groups -OCH3 is 1. The summed E-state index contributed by atoms with van der Waals surface area (Å²) < 4.78 is 6.05. The standard InChI is InChI=1S/C14H16N4O3/c1-8-6-9(14(20)21-3)4-5-11(8)17-13(19)12-10(15)7-16-18(12)2/h4-7H,15H2,1-3H3,(H,17,19). The van der Waals surface area contributed by atoms with Gasteiger partial charge >= 0.3 is 5.97 Å². The second kappa shape index (κ2) is 5.66. The fourth-order valence-electron chi connectivity index (χ4n) is 1.96. The highest BCUT2D eigenvalue weighted by atomic mass is 16.5. The number of nitrogen functional groups attached to an aromatic ring is 1. The summed E-state index contributed by atoms with van der Waals surface area (Å²) >= 11 is 0. The molecular formula is C14H16N4O3. The molecule has 0 aliphatic rings. The van der Waals surface area contributed by atoms with Gasteiger partial charge in [0, 0.05) is 12.7 Å². The minimum absolute atomic E-state index is 0.284. The Morgan fingerprint density at radius 1 is 1.38 bits per heavy atom. The number of aryl methyl sites for hydroxylation is 2. The zero-order chi connectivity index (χ0) is 15.6. The molecule has 7 heteroatoms. The number of anilines is 2. The predicted molar refractivity (Wildman–Crippen MR) is 78.1 cm³/mol. The number of amides is 1. The number of esters is 1. The second-order valence-electron chi connectivity index (χ2n) is 4.55. The van der Waals surface area contributed by atoms with E-state index in [0.717, 1.165) is 5.56 Å². The summed E-state index contributed by atoms with van der Waals surface area (Å²) in [6.07, 6.45) is 1.42. The highest BCUT2D eigenvalue weighted by molar-refractivity contribution is 6.06. The highest BCUT2D eigenvalue weighted by Gasteiger charge is 2.16. The molecule has 0 saturated heterocycles. The van der Waals surface area contributed by atoms with Gasteiger partial charge in [-0.15, -0.1) is 0 Å². The van der Waals surface area contributed by atoms with Gasteiger partial charge in [0.15, 0.2) is 0 Å². The van der Waals surface area contributed by atoms with E-state index in [2.05, 4.69) is 15.2 Å². The first-order chi connectivity index (χ1) is 9.93. The SMILES string of the molecule is COC(=O)c1ccc(NC(=O)c2c(N)cnn2C)c(C)c1. The minimum atomic E-state index is -0.424. The summed E-state index contributed by atoms with van der Waals surface area (Å²) in [6.45, 7) is 1.79. The molecule has 0 bridgehead atoms. The van der Waals surface area contributed by atoms with Crippen molar-refractivity contribution < 1.29 is 14.3 Å². The van der Waals surface area contributed by atoms with E-state index in [4.69, 9.17) is 5.73 Å². The van der Waals surface area contributed by atoms with Crippen LogP contribution in [-0.2, 0) is 11.8 Å². The van der Waals surface area contributed by atoms with Crippen LogP contribution in [0.5, 0.6) is 0 Å². The van der Waals surface area contributed by atoms with Gasteiger partial charge in [0.1, 0.15) is 5.69 Å². The molecule has 110 valence electrons. The van der Waals surface area contributed by atoms with Crippen LogP contribution < -0.4 is 11.1 Å². The Hall–Kier alpha value is -2.83. The Kier molecular flexibility index (Phi) is 3.93. The van der Waals surface area contributed by atoms with E-state index in [9.17, 15) is 9.59 Å². The highest BCUT2D eigenvalue weighted by Crippen LogP contribution is 2.19. The van der Waals surface area contributed by atoms with Crippen LogP contribution in [-0.4, -0.2) is 28.8 Å². The molecule has 21 heavy (non-hydrogen) atoms. The van der Waals surface area contributed by atoms with Gasteiger partial charge in [0.05, 0.1) is 24.6 Å². The maximum atomic E-state index is 12.2. The van der Waals surface area contributed by atoms with E-state index >= 15 is 0 Å².